The van der Waals surface area contributed by atoms with E-state index in [-0.39, 0.29) is 16.6 Å². The van der Waals surface area contributed by atoms with Crippen LogP contribution in [0.2, 0.25) is 5.02 Å². The van der Waals surface area contributed by atoms with Crippen molar-refractivity contribution in [1.82, 2.24) is 4.98 Å². The molecule has 0 bridgehead atoms. The molecule has 26 heavy (non-hydrogen) atoms. The molecule has 9 heteroatoms. The number of halogens is 1. The summed E-state index contributed by atoms with van der Waals surface area (Å²) in [5, 5.41) is 17.6. The van der Waals surface area contributed by atoms with Crippen LogP contribution < -0.4 is 10.6 Å². The van der Waals surface area contributed by atoms with Crippen molar-refractivity contribution in [3.8, 4) is 0 Å². The Bertz CT molecular complexity index is 1000. The average Bonchev–Trinajstić information content (AvgIpc) is 2.95. The topological polar surface area (TPSA) is 97.2 Å². The number of non-ortho nitro benzene ring substituents is 1. The van der Waals surface area contributed by atoms with Gasteiger partial charge in [-0.05, 0) is 38.1 Å². The summed E-state index contributed by atoms with van der Waals surface area (Å²) in [5.74, 6) is -0.304. The van der Waals surface area contributed by atoms with Crippen LogP contribution in [0.25, 0.3) is 10.2 Å². The summed E-state index contributed by atoms with van der Waals surface area (Å²) >= 11 is 7.59. The quantitative estimate of drug-likeness (QED) is 0.490. The Balaban J connectivity index is 1.69. The number of hydrogen-bond donors (Lipinski definition) is 2. The van der Waals surface area contributed by atoms with E-state index in [0.29, 0.717) is 5.69 Å². The van der Waals surface area contributed by atoms with E-state index in [0.717, 1.165) is 20.9 Å². The molecule has 1 heterocycles. The minimum Gasteiger partial charge on any atom is -0.374 e. The van der Waals surface area contributed by atoms with Gasteiger partial charge in [0, 0.05) is 17.8 Å². The summed E-state index contributed by atoms with van der Waals surface area (Å²) in [6.07, 6.45) is 0. The van der Waals surface area contributed by atoms with Gasteiger partial charge in [-0.25, -0.2) is 4.98 Å². The molecule has 1 amide bonds. The van der Waals surface area contributed by atoms with E-state index in [4.69, 9.17) is 11.6 Å². The summed E-state index contributed by atoms with van der Waals surface area (Å²) < 4.78 is 1.04. The number of aryl methyl sites for hydroxylation is 1. The minimum atomic E-state index is -0.543. The summed E-state index contributed by atoms with van der Waals surface area (Å²) in [4.78, 5) is 27.0. The molecule has 2 aromatic carbocycles. The van der Waals surface area contributed by atoms with Crippen molar-refractivity contribution in [3.63, 3.8) is 0 Å². The van der Waals surface area contributed by atoms with Gasteiger partial charge in [0.05, 0.1) is 30.9 Å². The van der Waals surface area contributed by atoms with Crippen molar-refractivity contribution >= 4 is 56.1 Å². The van der Waals surface area contributed by atoms with Gasteiger partial charge in [0.2, 0.25) is 5.91 Å². The number of amides is 1. The first-order chi connectivity index (χ1) is 12.3. The van der Waals surface area contributed by atoms with Crippen LogP contribution in [0, 0.1) is 17.0 Å². The van der Waals surface area contributed by atoms with E-state index < -0.39 is 11.0 Å². The standard InChI is InChI=1S/C17H15ClN4O3S/c1-9(19-11-3-5-15-16(7-11)26-10(2)20-15)17(23)21-14-6-4-12(22(24)25)8-13(14)18/h3-9,19H,1-2H3,(H,21,23)/t9-/m1/s1. The Labute approximate surface area is 158 Å². The fourth-order valence-corrected chi connectivity index (χ4v) is 3.49. The lowest BCUT2D eigenvalue weighted by atomic mass is 10.2. The molecule has 0 saturated carbocycles. The first-order valence-corrected chi connectivity index (χ1v) is 8.91. The van der Waals surface area contributed by atoms with Crippen molar-refractivity contribution in [2.45, 2.75) is 19.9 Å². The van der Waals surface area contributed by atoms with Crippen LogP contribution in [0.1, 0.15) is 11.9 Å². The maximum atomic E-state index is 12.4. The lowest BCUT2D eigenvalue weighted by Gasteiger charge is -2.16. The Morgan fingerprint density at radius 1 is 1.31 bits per heavy atom. The van der Waals surface area contributed by atoms with Gasteiger partial charge in [0.25, 0.3) is 5.69 Å². The molecule has 0 unspecified atom stereocenters. The Kier molecular flexibility index (Phi) is 5.06. The monoisotopic (exact) mass is 390 g/mol. The molecule has 3 aromatic rings. The Morgan fingerprint density at radius 3 is 2.77 bits per heavy atom. The van der Waals surface area contributed by atoms with Gasteiger partial charge in [-0.3, -0.25) is 14.9 Å². The van der Waals surface area contributed by atoms with Gasteiger partial charge in [0.1, 0.15) is 6.04 Å². The second-order valence-electron chi connectivity index (χ2n) is 5.69. The molecular weight excluding hydrogens is 376 g/mol. The maximum Gasteiger partial charge on any atom is 0.271 e. The average molecular weight is 391 g/mol. The fraction of sp³-hybridized carbons (Fsp3) is 0.176. The van der Waals surface area contributed by atoms with Crippen LogP contribution in [0.4, 0.5) is 17.1 Å². The highest BCUT2D eigenvalue weighted by atomic mass is 35.5. The Hall–Kier alpha value is -2.71. The zero-order chi connectivity index (χ0) is 18.8. The molecule has 134 valence electrons. The molecule has 0 radical (unpaired) electrons. The van der Waals surface area contributed by atoms with E-state index >= 15 is 0 Å². The number of hydrogen-bond acceptors (Lipinski definition) is 6. The third-order valence-corrected chi connectivity index (χ3v) is 4.94. The summed E-state index contributed by atoms with van der Waals surface area (Å²) in [6.45, 7) is 3.67. The molecule has 0 aliphatic rings. The molecule has 2 N–H and O–H groups in total. The van der Waals surface area contributed by atoms with Gasteiger partial charge < -0.3 is 10.6 Å². The number of rotatable bonds is 5. The predicted octanol–water partition coefficient (Wildman–Crippen LogP) is 4.61. The summed E-state index contributed by atoms with van der Waals surface area (Å²) in [7, 11) is 0. The second kappa shape index (κ2) is 7.27. The van der Waals surface area contributed by atoms with E-state index in [1.807, 2.05) is 25.1 Å². The summed E-state index contributed by atoms with van der Waals surface area (Å²) in [5.41, 5.74) is 1.92. The molecule has 0 spiro atoms. The summed E-state index contributed by atoms with van der Waals surface area (Å²) in [6, 6.07) is 9.09. The van der Waals surface area contributed by atoms with E-state index in [2.05, 4.69) is 15.6 Å². The van der Waals surface area contributed by atoms with Crippen LogP contribution in [-0.4, -0.2) is 21.9 Å². The number of nitrogens with zero attached hydrogens (tertiary/aromatic N) is 2. The molecule has 0 saturated heterocycles. The third kappa shape index (κ3) is 3.92. The molecule has 1 aromatic heterocycles. The molecule has 0 aliphatic carbocycles. The van der Waals surface area contributed by atoms with Gasteiger partial charge >= 0.3 is 0 Å². The largest absolute Gasteiger partial charge is 0.374 e. The van der Waals surface area contributed by atoms with Crippen LogP contribution in [0.15, 0.2) is 36.4 Å². The minimum absolute atomic E-state index is 0.112. The number of nitro groups is 1. The highest BCUT2D eigenvalue weighted by Gasteiger charge is 2.16. The third-order valence-electron chi connectivity index (χ3n) is 3.69. The van der Waals surface area contributed by atoms with E-state index in [1.165, 1.54) is 18.2 Å². The number of thiazole rings is 1. The van der Waals surface area contributed by atoms with E-state index in [9.17, 15) is 14.9 Å². The van der Waals surface area contributed by atoms with Crippen molar-refractivity contribution in [2.24, 2.45) is 0 Å². The zero-order valence-electron chi connectivity index (χ0n) is 13.9. The molecule has 7 nitrogen and oxygen atoms in total. The highest BCUT2D eigenvalue weighted by molar-refractivity contribution is 7.18. The van der Waals surface area contributed by atoms with Gasteiger partial charge in [-0.2, -0.15) is 0 Å². The number of benzene rings is 2. The smallest absolute Gasteiger partial charge is 0.271 e. The molecule has 3 rings (SSSR count). The number of fused-ring (bicyclic) bond motifs is 1. The molecular formula is C17H15ClN4O3S. The number of carbonyl (C=O) groups excluding carboxylic acids is 1. The fourth-order valence-electron chi connectivity index (χ4n) is 2.41. The lowest BCUT2D eigenvalue weighted by Crippen LogP contribution is -2.31. The first-order valence-electron chi connectivity index (χ1n) is 7.72. The number of carbonyl (C=O) groups is 1. The number of nitrogens with one attached hydrogen (secondary N) is 2. The highest BCUT2D eigenvalue weighted by Crippen LogP contribution is 2.27. The van der Waals surface area contributed by atoms with Crippen LogP contribution in [0.5, 0.6) is 0 Å². The van der Waals surface area contributed by atoms with Gasteiger partial charge in [-0.1, -0.05) is 11.6 Å². The molecule has 0 aliphatic heterocycles. The Morgan fingerprint density at radius 2 is 2.08 bits per heavy atom. The van der Waals surface area contributed by atoms with Crippen LogP contribution in [-0.2, 0) is 4.79 Å². The van der Waals surface area contributed by atoms with Crippen LogP contribution >= 0.6 is 22.9 Å². The van der Waals surface area contributed by atoms with Gasteiger partial charge in [-0.15, -0.1) is 11.3 Å². The number of nitro benzene ring substituents is 1. The van der Waals surface area contributed by atoms with Crippen LogP contribution in [0.3, 0.4) is 0 Å². The van der Waals surface area contributed by atoms with Crippen molar-refractivity contribution < 1.29 is 9.72 Å². The van der Waals surface area contributed by atoms with E-state index in [1.54, 1.807) is 18.3 Å². The lowest BCUT2D eigenvalue weighted by molar-refractivity contribution is -0.384. The maximum absolute atomic E-state index is 12.4. The van der Waals surface area contributed by atoms with Crippen molar-refractivity contribution in [1.29, 1.82) is 0 Å². The van der Waals surface area contributed by atoms with Crippen molar-refractivity contribution in [3.05, 3.63) is 56.5 Å². The molecule has 1 atom stereocenters. The van der Waals surface area contributed by atoms with Crippen molar-refractivity contribution in [2.75, 3.05) is 10.6 Å². The SMILES string of the molecule is Cc1nc2ccc(N[C@H](C)C(=O)Nc3ccc([N+](=O)[O-])cc3Cl)cc2s1. The molecule has 0 fully saturated rings. The normalized spacial score (nSPS) is 12.0. The number of aromatic nitrogens is 1. The predicted molar refractivity (Wildman–Crippen MR) is 104 cm³/mol. The number of anilines is 2. The zero-order valence-corrected chi connectivity index (χ0v) is 15.5. The second-order valence-corrected chi connectivity index (χ2v) is 7.33. The van der Waals surface area contributed by atoms with Gasteiger partial charge in [0.15, 0.2) is 0 Å². The first kappa shape index (κ1) is 18.1.